The van der Waals surface area contributed by atoms with E-state index in [-0.39, 0.29) is 0 Å². The molecule has 1 aliphatic carbocycles. The molecule has 96 valence electrons. The molecule has 0 heterocycles. The van der Waals surface area contributed by atoms with E-state index in [9.17, 15) is 4.79 Å². The Kier molecular flexibility index (Phi) is 6.20. The van der Waals surface area contributed by atoms with Crippen molar-refractivity contribution in [2.24, 2.45) is 5.92 Å². The largest absolute Gasteiger partial charge is 0.379 e. The third kappa shape index (κ3) is 4.47. The van der Waals surface area contributed by atoms with Gasteiger partial charge in [0, 0.05) is 12.2 Å². The highest BCUT2D eigenvalue weighted by Gasteiger charge is 2.19. The van der Waals surface area contributed by atoms with Crippen LogP contribution in [-0.2, 0) is 9.53 Å². The van der Waals surface area contributed by atoms with Crippen LogP contribution in [0.1, 0.15) is 46.5 Å². The van der Waals surface area contributed by atoms with Gasteiger partial charge in [-0.25, -0.2) is 0 Å². The molecule has 17 heavy (non-hydrogen) atoms. The maximum absolute atomic E-state index is 10.8. The van der Waals surface area contributed by atoms with Crippen molar-refractivity contribution in [3.05, 3.63) is 23.3 Å². The summed E-state index contributed by atoms with van der Waals surface area (Å²) < 4.78 is 5.61. The molecule has 0 amide bonds. The van der Waals surface area contributed by atoms with Gasteiger partial charge in [0.15, 0.2) is 0 Å². The van der Waals surface area contributed by atoms with Gasteiger partial charge in [-0.2, -0.15) is 0 Å². The van der Waals surface area contributed by atoms with Gasteiger partial charge in [-0.3, -0.25) is 4.79 Å². The number of allylic oxidation sites excluding steroid dienone is 4. The molecule has 0 N–H and O–H groups in total. The fourth-order valence-electron chi connectivity index (χ4n) is 2.47. The molecule has 0 bridgehead atoms. The average molecular weight is 236 g/mol. The van der Waals surface area contributed by atoms with Crippen LogP contribution in [0.4, 0.5) is 0 Å². The van der Waals surface area contributed by atoms with E-state index in [1.54, 1.807) is 0 Å². The van der Waals surface area contributed by atoms with Gasteiger partial charge in [0.25, 0.3) is 0 Å². The zero-order valence-corrected chi connectivity index (χ0v) is 11.2. The van der Waals surface area contributed by atoms with E-state index < -0.39 is 0 Å². The van der Waals surface area contributed by atoms with Crippen molar-refractivity contribution in [3.63, 3.8) is 0 Å². The highest BCUT2D eigenvalue weighted by Crippen LogP contribution is 2.30. The molecule has 0 aromatic rings. The van der Waals surface area contributed by atoms with Crippen LogP contribution < -0.4 is 0 Å². The molecule has 0 saturated heterocycles. The van der Waals surface area contributed by atoms with E-state index in [4.69, 9.17) is 4.74 Å². The first-order valence-electron chi connectivity index (χ1n) is 6.68. The number of rotatable bonds is 7. The van der Waals surface area contributed by atoms with E-state index >= 15 is 0 Å². The molecule has 2 nitrogen and oxygen atoms in total. The lowest BCUT2D eigenvalue weighted by Crippen LogP contribution is -2.17. The fraction of sp³-hybridized carbons (Fsp3) is 0.667. The number of ether oxygens (including phenoxy) is 1. The van der Waals surface area contributed by atoms with Gasteiger partial charge in [0.05, 0.1) is 6.10 Å². The molecule has 2 unspecified atom stereocenters. The van der Waals surface area contributed by atoms with E-state index in [1.807, 2.05) is 6.92 Å². The summed E-state index contributed by atoms with van der Waals surface area (Å²) in [5, 5.41) is 0. The summed E-state index contributed by atoms with van der Waals surface area (Å²) in [6, 6.07) is 0. The number of carbonyl (C=O) groups excluding carboxylic acids is 1. The predicted molar refractivity (Wildman–Crippen MR) is 71.0 cm³/mol. The molecule has 0 aliphatic heterocycles. The van der Waals surface area contributed by atoms with Gasteiger partial charge >= 0.3 is 0 Å². The Balaban J connectivity index is 2.63. The Morgan fingerprint density at radius 1 is 1.53 bits per heavy atom. The summed E-state index contributed by atoms with van der Waals surface area (Å²) in [4.78, 5) is 10.8. The van der Waals surface area contributed by atoms with E-state index in [0.29, 0.717) is 12.0 Å². The minimum atomic E-state index is 0.302. The van der Waals surface area contributed by atoms with Gasteiger partial charge in [-0.05, 0) is 39.0 Å². The minimum absolute atomic E-state index is 0.302. The van der Waals surface area contributed by atoms with Crippen LogP contribution in [0, 0.1) is 5.92 Å². The van der Waals surface area contributed by atoms with Crippen molar-refractivity contribution in [1.82, 2.24) is 0 Å². The predicted octanol–water partition coefficient (Wildman–Crippen LogP) is 3.67. The molecule has 0 fully saturated rings. The molecule has 0 radical (unpaired) electrons. The maximum Gasteiger partial charge on any atom is 0.149 e. The molecule has 2 heteroatoms. The Morgan fingerprint density at radius 3 is 2.88 bits per heavy atom. The Hall–Kier alpha value is -0.890. The standard InChI is InChI=1S/C15H24O2/c1-4-6-14-10-13(11-16)7-8-15(14)9-12(3)17-5-2/h7,10-12,15H,4-6,8-9H2,1-3H3. The van der Waals surface area contributed by atoms with Gasteiger partial charge in [0.1, 0.15) is 6.29 Å². The molecule has 0 spiro atoms. The number of carbonyl (C=O) groups is 1. The normalized spacial score (nSPS) is 21.7. The number of hydrogen-bond donors (Lipinski definition) is 0. The molecule has 1 aliphatic rings. The lowest BCUT2D eigenvalue weighted by Gasteiger charge is -2.25. The van der Waals surface area contributed by atoms with E-state index in [1.165, 1.54) is 5.57 Å². The number of aldehydes is 1. The molecule has 2 atom stereocenters. The monoisotopic (exact) mass is 236 g/mol. The highest BCUT2D eigenvalue weighted by molar-refractivity contribution is 5.78. The third-order valence-electron chi connectivity index (χ3n) is 3.26. The van der Waals surface area contributed by atoms with Crippen LogP contribution in [0.5, 0.6) is 0 Å². The summed E-state index contributed by atoms with van der Waals surface area (Å²) in [7, 11) is 0. The van der Waals surface area contributed by atoms with Crippen molar-refractivity contribution in [2.75, 3.05) is 6.61 Å². The van der Waals surface area contributed by atoms with Crippen LogP contribution >= 0.6 is 0 Å². The summed E-state index contributed by atoms with van der Waals surface area (Å²) in [5.41, 5.74) is 2.26. The van der Waals surface area contributed by atoms with Crippen molar-refractivity contribution < 1.29 is 9.53 Å². The average Bonchev–Trinajstić information content (AvgIpc) is 2.32. The molecular formula is C15H24O2. The second kappa shape index (κ2) is 7.44. The quantitative estimate of drug-likeness (QED) is 0.630. The van der Waals surface area contributed by atoms with E-state index in [0.717, 1.165) is 44.1 Å². The lowest BCUT2D eigenvalue weighted by molar-refractivity contribution is -0.104. The van der Waals surface area contributed by atoms with Crippen molar-refractivity contribution >= 4 is 6.29 Å². The molecule has 0 aromatic carbocycles. The van der Waals surface area contributed by atoms with Crippen LogP contribution in [0.25, 0.3) is 0 Å². The van der Waals surface area contributed by atoms with Crippen LogP contribution in [0.15, 0.2) is 23.3 Å². The van der Waals surface area contributed by atoms with Crippen molar-refractivity contribution in [1.29, 1.82) is 0 Å². The summed E-state index contributed by atoms with van der Waals surface area (Å²) in [6.45, 7) is 7.12. The van der Waals surface area contributed by atoms with E-state index in [2.05, 4.69) is 26.0 Å². The van der Waals surface area contributed by atoms with Gasteiger partial charge < -0.3 is 4.74 Å². The van der Waals surface area contributed by atoms with Crippen LogP contribution in [-0.4, -0.2) is 19.0 Å². The Labute approximate surface area is 105 Å². The van der Waals surface area contributed by atoms with Gasteiger partial charge in [-0.1, -0.05) is 31.1 Å². The van der Waals surface area contributed by atoms with Crippen molar-refractivity contribution in [3.8, 4) is 0 Å². The maximum atomic E-state index is 10.8. The molecule has 1 rings (SSSR count). The van der Waals surface area contributed by atoms with Crippen LogP contribution in [0.2, 0.25) is 0 Å². The smallest absolute Gasteiger partial charge is 0.149 e. The summed E-state index contributed by atoms with van der Waals surface area (Å²) >= 11 is 0. The number of hydrogen-bond acceptors (Lipinski definition) is 2. The second-order valence-electron chi connectivity index (χ2n) is 4.73. The third-order valence-corrected chi connectivity index (χ3v) is 3.26. The zero-order chi connectivity index (χ0) is 12.7. The first-order valence-corrected chi connectivity index (χ1v) is 6.68. The second-order valence-corrected chi connectivity index (χ2v) is 4.73. The lowest BCUT2D eigenvalue weighted by atomic mass is 9.83. The zero-order valence-electron chi connectivity index (χ0n) is 11.2. The first kappa shape index (κ1) is 14.2. The topological polar surface area (TPSA) is 26.3 Å². The SMILES string of the molecule is CCCC1=CC(C=O)=CCC1CC(C)OCC. The molecule has 0 saturated carbocycles. The summed E-state index contributed by atoms with van der Waals surface area (Å²) in [5.74, 6) is 0.556. The molecular weight excluding hydrogens is 212 g/mol. The van der Waals surface area contributed by atoms with Crippen molar-refractivity contribution in [2.45, 2.75) is 52.6 Å². The summed E-state index contributed by atoms with van der Waals surface area (Å²) in [6.07, 6.45) is 9.65. The highest BCUT2D eigenvalue weighted by atomic mass is 16.5. The first-order chi connectivity index (χ1) is 8.21. The van der Waals surface area contributed by atoms with Gasteiger partial charge in [-0.15, -0.1) is 0 Å². The van der Waals surface area contributed by atoms with Crippen LogP contribution in [0.3, 0.4) is 0 Å². The fourth-order valence-corrected chi connectivity index (χ4v) is 2.47. The Bertz CT molecular complexity index is 302. The Morgan fingerprint density at radius 2 is 2.29 bits per heavy atom. The molecule has 0 aromatic heterocycles. The van der Waals surface area contributed by atoms with Gasteiger partial charge in [0.2, 0.25) is 0 Å². The minimum Gasteiger partial charge on any atom is -0.379 e.